The van der Waals surface area contributed by atoms with E-state index >= 15 is 0 Å². The third-order valence-electron chi connectivity index (χ3n) is 3.93. The van der Waals surface area contributed by atoms with Crippen molar-refractivity contribution < 1.29 is 9.53 Å². The molecule has 1 saturated heterocycles. The number of carbonyl (C=O) groups excluding carboxylic acids is 1. The average molecular weight is 308 g/mol. The Morgan fingerprint density at radius 2 is 2.19 bits per heavy atom. The van der Waals surface area contributed by atoms with Gasteiger partial charge in [0.25, 0.3) is 0 Å². The fourth-order valence-corrected chi connectivity index (χ4v) is 3.18. The first-order chi connectivity index (χ1) is 10.1. The molecule has 2 rings (SSSR count). The third kappa shape index (κ3) is 5.25. The molecule has 1 aromatic carbocycles. The highest BCUT2D eigenvalue weighted by Crippen LogP contribution is 2.27. The summed E-state index contributed by atoms with van der Waals surface area (Å²) in [4.78, 5) is 13.0. The lowest BCUT2D eigenvalue weighted by Crippen LogP contribution is -2.43. The maximum atomic E-state index is 12.0. The van der Waals surface area contributed by atoms with E-state index in [0.717, 1.165) is 43.1 Å². The molecular weight excluding hydrogens is 284 g/mol. The highest BCUT2D eigenvalue weighted by Gasteiger charge is 2.26. The highest BCUT2D eigenvalue weighted by molar-refractivity contribution is 8.00. The molecule has 1 heterocycles. The molecule has 0 aliphatic carbocycles. The zero-order chi connectivity index (χ0) is 15.1. The van der Waals surface area contributed by atoms with Crippen molar-refractivity contribution in [2.45, 2.75) is 24.7 Å². The van der Waals surface area contributed by atoms with Crippen molar-refractivity contribution in [3.63, 3.8) is 0 Å². The number of amides is 1. The summed E-state index contributed by atoms with van der Waals surface area (Å²) in [5, 5.41) is 6.43. The maximum absolute atomic E-state index is 12.0. The second-order valence-corrected chi connectivity index (χ2v) is 6.85. The lowest BCUT2D eigenvalue weighted by Gasteiger charge is -2.34. The summed E-state index contributed by atoms with van der Waals surface area (Å²) in [5.74, 6) is 1.37. The quantitative estimate of drug-likeness (QED) is 0.792. The first-order valence-corrected chi connectivity index (χ1v) is 8.34. The van der Waals surface area contributed by atoms with Crippen LogP contribution >= 0.6 is 11.8 Å². The van der Waals surface area contributed by atoms with Gasteiger partial charge in [0.05, 0.1) is 12.9 Å². The number of hydrogen-bond acceptors (Lipinski definition) is 4. The minimum Gasteiger partial charge on any atom is -0.497 e. The van der Waals surface area contributed by atoms with Crippen LogP contribution in [0.5, 0.6) is 5.75 Å². The van der Waals surface area contributed by atoms with E-state index in [4.69, 9.17) is 4.74 Å². The predicted octanol–water partition coefficient (Wildman–Crippen LogP) is 2.29. The van der Waals surface area contributed by atoms with Crippen molar-refractivity contribution in [1.29, 1.82) is 0 Å². The van der Waals surface area contributed by atoms with Gasteiger partial charge in [-0.05, 0) is 49.5 Å². The first-order valence-electron chi connectivity index (χ1n) is 7.36. The highest BCUT2D eigenvalue weighted by atomic mass is 32.2. The fourth-order valence-electron chi connectivity index (χ4n) is 2.41. The number of ether oxygens (including phenoxy) is 1. The number of rotatable bonds is 6. The monoisotopic (exact) mass is 308 g/mol. The van der Waals surface area contributed by atoms with Crippen LogP contribution in [0.4, 0.5) is 0 Å². The van der Waals surface area contributed by atoms with Crippen LogP contribution in [0.1, 0.15) is 19.8 Å². The van der Waals surface area contributed by atoms with Gasteiger partial charge in [0.15, 0.2) is 0 Å². The Morgan fingerprint density at radius 1 is 1.43 bits per heavy atom. The molecule has 1 fully saturated rings. The van der Waals surface area contributed by atoms with Crippen LogP contribution in [0.25, 0.3) is 0 Å². The topological polar surface area (TPSA) is 50.4 Å². The lowest BCUT2D eigenvalue weighted by molar-refractivity contribution is -0.119. The van der Waals surface area contributed by atoms with Gasteiger partial charge in [-0.25, -0.2) is 0 Å². The first kappa shape index (κ1) is 16.2. The number of carbonyl (C=O) groups is 1. The van der Waals surface area contributed by atoms with E-state index in [9.17, 15) is 4.79 Å². The molecule has 0 atom stereocenters. The van der Waals surface area contributed by atoms with Crippen LogP contribution in [0.3, 0.4) is 0 Å². The predicted molar refractivity (Wildman–Crippen MR) is 86.9 cm³/mol. The van der Waals surface area contributed by atoms with Crippen LogP contribution < -0.4 is 15.4 Å². The molecule has 116 valence electrons. The van der Waals surface area contributed by atoms with E-state index in [1.165, 1.54) is 11.8 Å². The van der Waals surface area contributed by atoms with Crippen LogP contribution in [0, 0.1) is 5.41 Å². The van der Waals surface area contributed by atoms with Crippen LogP contribution in [0.15, 0.2) is 29.2 Å². The van der Waals surface area contributed by atoms with Crippen molar-refractivity contribution in [3.05, 3.63) is 24.3 Å². The molecule has 1 aromatic rings. The second kappa shape index (κ2) is 7.71. The van der Waals surface area contributed by atoms with Crippen molar-refractivity contribution in [3.8, 4) is 5.75 Å². The van der Waals surface area contributed by atoms with E-state index in [2.05, 4.69) is 17.6 Å². The zero-order valence-corrected chi connectivity index (χ0v) is 13.6. The van der Waals surface area contributed by atoms with Gasteiger partial charge in [0, 0.05) is 11.4 Å². The molecular formula is C16H24N2O2S. The van der Waals surface area contributed by atoms with Gasteiger partial charge in [-0.3, -0.25) is 4.79 Å². The molecule has 0 unspecified atom stereocenters. The summed E-state index contributed by atoms with van der Waals surface area (Å²) in [6.45, 7) is 5.12. The molecule has 1 amide bonds. The molecule has 0 spiro atoms. The van der Waals surface area contributed by atoms with Gasteiger partial charge in [0.2, 0.25) is 5.91 Å². The molecule has 0 saturated carbocycles. The molecule has 0 radical (unpaired) electrons. The minimum absolute atomic E-state index is 0.0996. The average Bonchev–Trinajstić information content (AvgIpc) is 2.52. The summed E-state index contributed by atoms with van der Waals surface area (Å²) in [5.41, 5.74) is 0.238. The summed E-state index contributed by atoms with van der Waals surface area (Å²) < 4.78 is 5.18. The van der Waals surface area contributed by atoms with Crippen molar-refractivity contribution >= 4 is 17.7 Å². The van der Waals surface area contributed by atoms with Gasteiger partial charge >= 0.3 is 0 Å². The van der Waals surface area contributed by atoms with Gasteiger partial charge in [-0.15, -0.1) is 11.8 Å². The zero-order valence-electron chi connectivity index (χ0n) is 12.8. The van der Waals surface area contributed by atoms with Crippen molar-refractivity contribution in [1.82, 2.24) is 10.6 Å². The number of benzene rings is 1. The van der Waals surface area contributed by atoms with E-state index < -0.39 is 0 Å². The van der Waals surface area contributed by atoms with Gasteiger partial charge in [0.1, 0.15) is 5.75 Å². The Labute approximate surface area is 131 Å². The fraction of sp³-hybridized carbons (Fsp3) is 0.562. The second-order valence-electron chi connectivity index (χ2n) is 5.81. The molecule has 0 aromatic heterocycles. The Hall–Kier alpha value is -1.20. The summed E-state index contributed by atoms with van der Waals surface area (Å²) >= 11 is 1.54. The third-order valence-corrected chi connectivity index (χ3v) is 4.93. The van der Waals surface area contributed by atoms with Crippen molar-refractivity contribution in [2.24, 2.45) is 5.41 Å². The summed E-state index contributed by atoms with van der Waals surface area (Å²) in [7, 11) is 1.65. The van der Waals surface area contributed by atoms with E-state index in [1.807, 2.05) is 24.3 Å². The Kier molecular flexibility index (Phi) is 5.94. The SMILES string of the molecule is COc1cccc(SCC(=O)NCC2(C)CCNCC2)c1. The van der Waals surface area contributed by atoms with Crippen LogP contribution in [-0.2, 0) is 4.79 Å². The molecule has 2 N–H and O–H groups in total. The van der Waals surface area contributed by atoms with E-state index in [0.29, 0.717) is 5.75 Å². The van der Waals surface area contributed by atoms with Gasteiger partial charge in [-0.2, -0.15) is 0 Å². The number of nitrogens with one attached hydrogen (secondary N) is 2. The standard InChI is InChI=1S/C16H24N2O2S/c1-16(6-8-17-9-7-16)12-18-15(19)11-21-14-5-3-4-13(10-14)20-2/h3-5,10,17H,6-9,11-12H2,1-2H3,(H,18,19). The van der Waals surface area contributed by atoms with Crippen molar-refractivity contribution in [2.75, 3.05) is 32.5 Å². The number of methoxy groups -OCH3 is 1. The van der Waals surface area contributed by atoms with E-state index in [-0.39, 0.29) is 11.3 Å². The Morgan fingerprint density at radius 3 is 2.90 bits per heavy atom. The normalized spacial score (nSPS) is 17.2. The molecule has 5 heteroatoms. The molecule has 1 aliphatic rings. The van der Waals surface area contributed by atoms with Gasteiger partial charge in [-0.1, -0.05) is 13.0 Å². The summed E-state index contributed by atoms with van der Waals surface area (Å²) in [6.07, 6.45) is 2.24. The number of thioether (sulfide) groups is 1. The maximum Gasteiger partial charge on any atom is 0.230 e. The number of piperidine rings is 1. The van der Waals surface area contributed by atoms with Gasteiger partial charge < -0.3 is 15.4 Å². The Bertz CT molecular complexity index is 473. The van der Waals surface area contributed by atoms with E-state index in [1.54, 1.807) is 7.11 Å². The van der Waals surface area contributed by atoms with Crippen LogP contribution in [-0.4, -0.2) is 38.4 Å². The molecule has 4 nitrogen and oxygen atoms in total. The Balaban J connectivity index is 1.74. The lowest BCUT2D eigenvalue weighted by atomic mass is 9.81. The molecule has 21 heavy (non-hydrogen) atoms. The largest absolute Gasteiger partial charge is 0.497 e. The number of hydrogen-bond donors (Lipinski definition) is 2. The van der Waals surface area contributed by atoms with Crippen LogP contribution in [0.2, 0.25) is 0 Å². The smallest absolute Gasteiger partial charge is 0.230 e. The summed E-state index contributed by atoms with van der Waals surface area (Å²) in [6, 6.07) is 7.79. The molecule has 1 aliphatic heterocycles. The minimum atomic E-state index is 0.0996. The molecule has 0 bridgehead atoms.